The average molecular weight is 297 g/mol. The molecule has 0 bridgehead atoms. The predicted molar refractivity (Wildman–Crippen MR) is 81.7 cm³/mol. The third kappa shape index (κ3) is 3.89. The van der Waals surface area contributed by atoms with Crippen molar-refractivity contribution in [2.24, 2.45) is 5.92 Å². The van der Waals surface area contributed by atoms with Crippen LogP contribution in [-0.2, 0) is 10.8 Å². The van der Waals surface area contributed by atoms with Crippen LogP contribution in [0.15, 0.2) is 29.2 Å². The smallest absolute Gasteiger partial charge is 0.123 e. The lowest BCUT2D eigenvalue weighted by atomic mass is 9.87. The van der Waals surface area contributed by atoms with Crippen LogP contribution in [0.1, 0.15) is 39.5 Å². The van der Waals surface area contributed by atoms with Crippen molar-refractivity contribution >= 4 is 10.8 Å². The molecule has 1 aliphatic rings. The third-order valence-corrected chi connectivity index (χ3v) is 5.84. The van der Waals surface area contributed by atoms with Gasteiger partial charge in [0.1, 0.15) is 5.82 Å². The van der Waals surface area contributed by atoms with Gasteiger partial charge in [-0.1, -0.05) is 13.8 Å². The highest BCUT2D eigenvalue weighted by Gasteiger charge is 2.33. The predicted octanol–water partition coefficient (Wildman–Crippen LogP) is 3.49. The van der Waals surface area contributed by atoms with E-state index in [1.165, 1.54) is 18.6 Å². The van der Waals surface area contributed by atoms with E-state index >= 15 is 0 Å². The second kappa shape index (κ2) is 7.32. The molecule has 0 aromatic heterocycles. The lowest BCUT2D eigenvalue weighted by Crippen LogP contribution is -2.46. The van der Waals surface area contributed by atoms with Crippen LogP contribution in [0.25, 0.3) is 0 Å². The fourth-order valence-electron chi connectivity index (χ4n) is 2.87. The summed E-state index contributed by atoms with van der Waals surface area (Å²) in [4.78, 5) is 0.744. The first-order valence-corrected chi connectivity index (χ1v) is 8.72. The van der Waals surface area contributed by atoms with E-state index in [1.54, 1.807) is 12.1 Å². The quantitative estimate of drug-likeness (QED) is 0.901. The van der Waals surface area contributed by atoms with E-state index in [-0.39, 0.29) is 11.1 Å². The third-order valence-electron chi connectivity index (χ3n) is 4.03. The lowest BCUT2D eigenvalue weighted by Gasteiger charge is -2.35. The fourth-order valence-corrected chi connectivity index (χ4v) is 4.66. The summed E-state index contributed by atoms with van der Waals surface area (Å²) in [5, 5.41) is 3.67. The molecule has 20 heavy (non-hydrogen) atoms. The number of rotatable bonds is 5. The van der Waals surface area contributed by atoms with E-state index in [0.717, 1.165) is 30.7 Å². The summed E-state index contributed by atoms with van der Waals surface area (Å²) in [6.45, 7) is 5.34. The molecule has 1 aliphatic carbocycles. The van der Waals surface area contributed by atoms with Gasteiger partial charge in [0.15, 0.2) is 0 Å². The zero-order valence-corrected chi connectivity index (χ0v) is 13.1. The Bertz CT molecular complexity index is 446. The Kier molecular flexibility index (Phi) is 5.73. The summed E-state index contributed by atoms with van der Waals surface area (Å²) in [6, 6.07) is 6.42. The minimum atomic E-state index is -1.06. The monoisotopic (exact) mass is 297 g/mol. The standard InChI is InChI=1S/C16H24FNOS/c1-3-10-18-15-9-4-12(2)11-16(15)20(19)14-7-5-13(17)6-8-14/h5-8,12,15-16,18H,3-4,9-11H2,1-2H3. The maximum Gasteiger partial charge on any atom is 0.123 e. The number of halogens is 1. The topological polar surface area (TPSA) is 29.1 Å². The van der Waals surface area contributed by atoms with Gasteiger partial charge < -0.3 is 5.32 Å². The van der Waals surface area contributed by atoms with E-state index in [4.69, 9.17) is 0 Å². The number of benzene rings is 1. The van der Waals surface area contributed by atoms with Crippen molar-refractivity contribution in [3.05, 3.63) is 30.1 Å². The minimum absolute atomic E-state index is 0.135. The minimum Gasteiger partial charge on any atom is -0.313 e. The molecule has 1 aromatic rings. The fraction of sp³-hybridized carbons (Fsp3) is 0.625. The summed E-state index contributed by atoms with van der Waals surface area (Å²) < 4.78 is 25.8. The Morgan fingerprint density at radius 1 is 1.30 bits per heavy atom. The van der Waals surface area contributed by atoms with Gasteiger partial charge in [-0.25, -0.2) is 4.39 Å². The van der Waals surface area contributed by atoms with Crippen molar-refractivity contribution in [2.45, 2.75) is 55.7 Å². The van der Waals surface area contributed by atoms with Gasteiger partial charge in [-0.15, -0.1) is 0 Å². The zero-order chi connectivity index (χ0) is 14.5. The van der Waals surface area contributed by atoms with Gasteiger partial charge >= 0.3 is 0 Å². The molecule has 0 saturated heterocycles. The maximum atomic E-state index is 13.0. The summed E-state index contributed by atoms with van der Waals surface area (Å²) in [5.74, 6) is 0.340. The Labute approximate surface area is 123 Å². The van der Waals surface area contributed by atoms with Gasteiger partial charge in [-0.2, -0.15) is 0 Å². The van der Waals surface area contributed by atoms with Crippen molar-refractivity contribution in [1.29, 1.82) is 0 Å². The van der Waals surface area contributed by atoms with Crippen molar-refractivity contribution in [3.63, 3.8) is 0 Å². The largest absolute Gasteiger partial charge is 0.313 e. The lowest BCUT2D eigenvalue weighted by molar-refractivity contribution is 0.313. The molecule has 0 aliphatic heterocycles. The second-order valence-corrected chi connectivity index (χ2v) is 7.44. The van der Waals surface area contributed by atoms with Crippen LogP contribution in [0.4, 0.5) is 4.39 Å². The van der Waals surface area contributed by atoms with Crippen LogP contribution in [0, 0.1) is 11.7 Å². The first kappa shape index (κ1) is 15.6. The van der Waals surface area contributed by atoms with Crippen molar-refractivity contribution < 1.29 is 8.60 Å². The van der Waals surface area contributed by atoms with Gasteiger partial charge in [0.2, 0.25) is 0 Å². The molecule has 0 radical (unpaired) electrons. The molecule has 2 rings (SSSR count). The molecule has 0 amide bonds. The second-order valence-electron chi connectivity index (χ2n) is 5.77. The van der Waals surface area contributed by atoms with Gasteiger partial charge in [-0.3, -0.25) is 4.21 Å². The van der Waals surface area contributed by atoms with E-state index in [1.807, 2.05) is 0 Å². The van der Waals surface area contributed by atoms with Crippen LogP contribution in [0.3, 0.4) is 0 Å². The highest BCUT2D eigenvalue weighted by Crippen LogP contribution is 2.30. The Morgan fingerprint density at radius 3 is 2.65 bits per heavy atom. The molecule has 0 heterocycles. The van der Waals surface area contributed by atoms with Crippen LogP contribution in [0.5, 0.6) is 0 Å². The van der Waals surface area contributed by atoms with Crippen LogP contribution in [-0.4, -0.2) is 22.0 Å². The van der Waals surface area contributed by atoms with Crippen molar-refractivity contribution in [3.8, 4) is 0 Å². The molecule has 2 nitrogen and oxygen atoms in total. The first-order valence-electron chi connectivity index (χ1n) is 7.51. The molecular formula is C16H24FNOS. The highest BCUT2D eigenvalue weighted by molar-refractivity contribution is 7.85. The van der Waals surface area contributed by atoms with Crippen LogP contribution < -0.4 is 5.32 Å². The molecule has 0 spiro atoms. The van der Waals surface area contributed by atoms with E-state index < -0.39 is 10.8 Å². The summed E-state index contributed by atoms with van der Waals surface area (Å²) in [6.07, 6.45) is 4.34. The van der Waals surface area contributed by atoms with E-state index in [2.05, 4.69) is 19.2 Å². The van der Waals surface area contributed by atoms with Crippen molar-refractivity contribution in [1.82, 2.24) is 5.32 Å². The maximum absolute atomic E-state index is 13.0. The molecular weight excluding hydrogens is 273 g/mol. The van der Waals surface area contributed by atoms with Gasteiger partial charge in [0.05, 0.1) is 16.0 Å². The molecule has 1 fully saturated rings. The highest BCUT2D eigenvalue weighted by atomic mass is 32.2. The SMILES string of the molecule is CCCNC1CCC(C)CC1S(=O)c1ccc(F)cc1. The summed E-state index contributed by atoms with van der Waals surface area (Å²) >= 11 is 0. The molecule has 1 aromatic carbocycles. The molecule has 1 saturated carbocycles. The molecule has 112 valence electrons. The summed E-state index contributed by atoms with van der Waals surface area (Å²) in [7, 11) is -1.06. The molecule has 4 atom stereocenters. The molecule has 4 unspecified atom stereocenters. The zero-order valence-electron chi connectivity index (χ0n) is 12.3. The number of hydrogen-bond donors (Lipinski definition) is 1. The normalized spacial score (nSPS) is 28.2. The van der Waals surface area contributed by atoms with E-state index in [9.17, 15) is 8.60 Å². The number of hydrogen-bond acceptors (Lipinski definition) is 2. The first-order chi connectivity index (χ1) is 9.61. The van der Waals surface area contributed by atoms with Gasteiger partial charge in [-0.05, 0) is 62.4 Å². The Balaban J connectivity index is 2.12. The van der Waals surface area contributed by atoms with Crippen LogP contribution >= 0.6 is 0 Å². The molecule has 1 N–H and O–H groups in total. The van der Waals surface area contributed by atoms with Gasteiger partial charge in [0.25, 0.3) is 0 Å². The number of nitrogens with one attached hydrogen (secondary N) is 1. The molecule has 4 heteroatoms. The van der Waals surface area contributed by atoms with Gasteiger partial charge in [0, 0.05) is 10.9 Å². The summed E-state index contributed by atoms with van der Waals surface area (Å²) in [5.41, 5.74) is 0. The van der Waals surface area contributed by atoms with Crippen molar-refractivity contribution in [2.75, 3.05) is 6.54 Å². The Morgan fingerprint density at radius 2 is 2.00 bits per heavy atom. The van der Waals surface area contributed by atoms with Crippen LogP contribution in [0.2, 0.25) is 0 Å². The Hall–Kier alpha value is -0.740. The van der Waals surface area contributed by atoms with E-state index in [0.29, 0.717) is 12.0 Å². The average Bonchev–Trinajstić information content (AvgIpc) is 2.46.